The van der Waals surface area contributed by atoms with Crippen molar-refractivity contribution in [2.24, 2.45) is 0 Å². The average Bonchev–Trinajstić information content (AvgIpc) is 3.36. The highest BCUT2D eigenvalue weighted by atomic mass is 35.5. The standard InChI is InChI=1S/C30H30ClF3N6O5/c1-16-11-12-40(39-16)23-14-19(31)9-10-20(23)25(30(32,33)34)44-24-15-21(36-27(35)38-24)18-7-5-17(6-8-18)13-22(26(41)42)37-28(43)45-29(2,3)4/h5-12,14-15,22,25H,13H2,1-4H3,(H,37,43)(H,41,42)(H2,35,36,38). The maximum atomic E-state index is 14.4. The van der Waals surface area contributed by atoms with Gasteiger partial charge in [-0.15, -0.1) is 0 Å². The predicted molar refractivity (Wildman–Crippen MR) is 159 cm³/mol. The van der Waals surface area contributed by atoms with Gasteiger partial charge in [-0.1, -0.05) is 41.9 Å². The summed E-state index contributed by atoms with van der Waals surface area (Å²) >= 11 is 6.11. The summed E-state index contributed by atoms with van der Waals surface area (Å²) in [7, 11) is 0. The first-order valence-electron chi connectivity index (χ1n) is 13.5. The average molecular weight is 647 g/mol. The molecule has 0 bridgehead atoms. The second-order valence-corrected chi connectivity index (χ2v) is 11.5. The van der Waals surface area contributed by atoms with Gasteiger partial charge in [0, 0.05) is 34.8 Å². The van der Waals surface area contributed by atoms with Crippen LogP contribution in [0.4, 0.5) is 23.9 Å². The molecule has 15 heteroatoms. The molecule has 4 aromatic rings. The molecule has 11 nitrogen and oxygen atoms in total. The monoisotopic (exact) mass is 646 g/mol. The number of benzene rings is 2. The lowest BCUT2D eigenvalue weighted by Crippen LogP contribution is -2.44. The van der Waals surface area contributed by atoms with E-state index in [1.165, 1.54) is 35.1 Å². The number of aryl methyl sites for hydroxylation is 1. The van der Waals surface area contributed by atoms with Gasteiger partial charge in [-0.05, 0) is 51.5 Å². The highest BCUT2D eigenvalue weighted by Gasteiger charge is 2.45. The van der Waals surface area contributed by atoms with Crippen LogP contribution in [-0.4, -0.2) is 54.7 Å². The Kier molecular flexibility index (Phi) is 9.56. The molecule has 238 valence electrons. The number of nitrogen functional groups attached to an aromatic ring is 1. The minimum atomic E-state index is -4.87. The Bertz CT molecular complexity index is 1690. The number of alkyl halides is 3. The van der Waals surface area contributed by atoms with E-state index in [1.807, 2.05) is 0 Å². The number of rotatable bonds is 9. The van der Waals surface area contributed by atoms with Gasteiger partial charge < -0.3 is 25.6 Å². The maximum absolute atomic E-state index is 14.4. The number of nitrogens with zero attached hydrogens (tertiary/aromatic N) is 4. The molecule has 0 aliphatic carbocycles. The lowest BCUT2D eigenvalue weighted by Gasteiger charge is -2.24. The van der Waals surface area contributed by atoms with Crippen molar-refractivity contribution >= 4 is 29.6 Å². The molecular weight excluding hydrogens is 617 g/mol. The van der Waals surface area contributed by atoms with Crippen molar-refractivity contribution in [2.75, 3.05) is 5.73 Å². The van der Waals surface area contributed by atoms with Crippen molar-refractivity contribution in [1.29, 1.82) is 0 Å². The topological polar surface area (TPSA) is 154 Å². The number of carboxylic acid groups (broad SMARTS) is 1. The molecule has 4 N–H and O–H groups in total. The van der Waals surface area contributed by atoms with Crippen LogP contribution < -0.4 is 15.8 Å². The molecule has 0 spiro atoms. The van der Waals surface area contributed by atoms with E-state index in [4.69, 9.17) is 26.8 Å². The maximum Gasteiger partial charge on any atom is 0.429 e. The van der Waals surface area contributed by atoms with Crippen LogP contribution in [0.1, 0.15) is 43.7 Å². The number of hydrogen-bond donors (Lipinski definition) is 3. The van der Waals surface area contributed by atoms with Gasteiger partial charge >= 0.3 is 18.2 Å². The first kappa shape index (κ1) is 33.1. The number of nitrogens with two attached hydrogens (primary N) is 1. The molecule has 0 radical (unpaired) electrons. The number of halogens is 4. The minimum Gasteiger partial charge on any atom is -0.480 e. The third kappa shape index (κ3) is 8.85. The Labute approximate surface area is 261 Å². The minimum absolute atomic E-state index is 0.0663. The van der Waals surface area contributed by atoms with Gasteiger partial charge in [0.25, 0.3) is 0 Å². The molecule has 0 aliphatic rings. The molecule has 2 atom stereocenters. The molecule has 2 unspecified atom stereocenters. The summed E-state index contributed by atoms with van der Waals surface area (Å²) in [6, 6.07) is 11.8. The largest absolute Gasteiger partial charge is 0.480 e. The van der Waals surface area contributed by atoms with Crippen molar-refractivity contribution in [3.63, 3.8) is 0 Å². The fraction of sp³-hybridized carbons (Fsp3) is 0.300. The Morgan fingerprint density at radius 3 is 2.33 bits per heavy atom. The normalized spacial score (nSPS) is 13.2. The summed E-state index contributed by atoms with van der Waals surface area (Å²) in [5, 5.41) is 16.3. The third-order valence-electron chi connectivity index (χ3n) is 6.18. The Morgan fingerprint density at radius 2 is 1.76 bits per heavy atom. The van der Waals surface area contributed by atoms with E-state index in [0.29, 0.717) is 16.8 Å². The molecule has 0 saturated carbocycles. The van der Waals surface area contributed by atoms with Crippen molar-refractivity contribution in [3.05, 3.63) is 82.6 Å². The number of aliphatic carboxylic acids is 1. The molecule has 0 saturated heterocycles. The number of ether oxygens (including phenoxy) is 2. The van der Waals surface area contributed by atoms with Gasteiger partial charge in [-0.2, -0.15) is 23.3 Å². The zero-order valence-electron chi connectivity index (χ0n) is 24.6. The van der Waals surface area contributed by atoms with Crippen LogP contribution >= 0.6 is 11.6 Å². The molecule has 0 aliphatic heterocycles. The second-order valence-electron chi connectivity index (χ2n) is 11.0. The number of carboxylic acids is 1. The van der Waals surface area contributed by atoms with Gasteiger partial charge in [0.2, 0.25) is 17.9 Å². The molecule has 1 amide bonds. The summed E-state index contributed by atoms with van der Waals surface area (Å²) in [5.74, 6) is -2.03. The zero-order valence-corrected chi connectivity index (χ0v) is 25.3. The number of amides is 1. The Hall–Kier alpha value is -4.85. The van der Waals surface area contributed by atoms with Crippen LogP contribution in [0.5, 0.6) is 5.88 Å². The quantitative estimate of drug-likeness (QED) is 0.196. The van der Waals surface area contributed by atoms with E-state index in [0.717, 1.165) is 0 Å². The first-order chi connectivity index (χ1) is 21.0. The third-order valence-corrected chi connectivity index (χ3v) is 6.41. The number of aromatic nitrogens is 4. The van der Waals surface area contributed by atoms with Gasteiger partial charge in [-0.25, -0.2) is 19.3 Å². The summed E-state index contributed by atoms with van der Waals surface area (Å²) in [6.45, 7) is 6.65. The van der Waals surface area contributed by atoms with Gasteiger partial charge in [0.15, 0.2) is 0 Å². The highest BCUT2D eigenvalue weighted by molar-refractivity contribution is 6.30. The van der Waals surface area contributed by atoms with E-state index >= 15 is 0 Å². The first-order valence-corrected chi connectivity index (χ1v) is 13.9. The highest BCUT2D eigenvalue weighted by Crippen LogP contribution is 2.40. The lowest BCUT2D eigenvalue weighted by atomic mass is 10.0. The van der Waals surface area contributed by atoms with Gasteiger partial charge in [-0.3, -0.25) is 0 Å². The Morgan fingerprint density at radius 1 is 1.07 bits per heavy atom. The van der Waals surface area contributed by atoms with Crippen molar-refractivity contribution in [1.82, 2.24) is 25.1 Å². The smallest absolute Gasteiger partial charge is 0.429 e. The van der Waals surface area contributed by atoms with E-state index in [9.17, 15) is 27.9 Å². The predicted octanol–water partition coefficient (Wildman–Crippen LogP) is 6.08. The number of carbonyl (C=O) groups is 2. The number of nitrogens with one attached hydrogen (secondary N) is 1. The van der Waals surface area contributed by atoms with E-state index < -0.39 is 41.9 Å². The number of hydrogen-bond acceptors (Lipinski definition) is 8. The SMILES string of the molecule is Cc1ccn(-c2cc(Cl)ccc2C(Oc2cc(-c3ccc(CC(NC(=O)OC(C)(C)C)C(=O)O)cc3)nc(N)n2)C(F)(F)F)n1. The van der Waals surface area contributed by atoms with E-state index in [1.54, 1.807) is 58.0 Å². The van der Waals surface area contributed by atoms with Crippen molar-refractivity contribution in [3.8, 4) is 22.8 Å². The van der Waals surface area contributed by atoms with Crippen LogP contribution in [0, 0.1) is 6.92 Å². The molecule has 2 aromatic heterocycles. The summed E-state index contributed by atoms with van der Waals surface area (Å²) in [5.41, 5.74) is 6.57. The van der Waals surface area contributed by atoms with Crippen LogP contribution in [0.25, 0.3) is 16.9 Å². The molecular formula is C30H30ClF3N6O5. The fourth-order valence-electron chi connectivity index (χ4n) is 4.26. The van der Waals surface area contributed by atoms with E-state index in [-0.39, 0.29) is 34.3 Å². The zero-order chi connectivity index (χ0) is 33.1. The van der Waals surface area contributed by atoms with Crippen LogP contribution in [0.15, 0.2) is 60.8 Å². The number of alkyl carbamates (subject to hydrolysis) is 1. The second kappa shape index (κ2) is 13.0. The van der Waals surface area contributed by atoms with Crippen LogP contribution in [-0.2, 0) is 16.0 Å². The summed E-state index contributed by atoms with van der Waals surface area (Å²) in [4.78, 5) is 31.8. The summed E-state index contributed by atoms with van der Waals surface area (Å²) < 4.78 is 55.2. The number of carbonyl (C=O) groups excluding carboxylic acids is 1. The molecule has 45 heavy (non-hydrogen) atoms. The molecule has 4 rings (SSSR count). The van der Waals surface area contributed by atoms with E-state index in [2.05, 4.69) is 20.4 Å². The Balaban J connectivity index is 1.59. The van der Waals surface area contributed by atoms with Gasteiger partial charge in [0.05, 0.1) is 17.1 Å². The van der Waals surface area contributed by atoms with Crippen LogP contribution in [0.2, 0.25) is 5.02 Å². The van der Waals surface area contributed by atoms with Crippen LogP contribution in [0.3, 0.4) is 0 Å². The summed E-state index contributed by atoms with van der Waals surface area (Å²) in [6.07, 6.45) is -6.78. The fourth-order valence-corrected chi connectivity index (χ4v) is 4.43. The van der Waals surface area contributed by atoms with Crippen molar-refractivity contribution < 1.29 is 37.3 Å². The van der Waals surface area contributed by atoms with Gasteiger partial charge in [0.1, 0.15) is 11.6 Å². The molecule has 0 fully saturated rings. The molecule has 2 aromatic carbocycles. The molecule has 2 heterocycles. The van der Waals surface area contributed by atoms with Crippen molar-refractivity contribution in [2.45, 2.75) is 58.0 Å². The number of anilines is 1. The lowest BCUT2D eigenvalue weighted by molar-refractivity contribution is -0.198.